The number of carboxylic acids is 1. The highest BCUT2D eigenvalue weighted by molar-refractivity contribution is 9.10. The van der Waals surface area contributed by atoms with Crippen LogP contribution in [0.5, 0.6) is 0 Å². The van der Waals surface area contributed by atoms with Crippen molar-refractivity contribution in [3.63, 3.8) is 0 Å². The molecule has 5 nitrogen and oxygen atoms in total. The number of halogens is 2. The number of alkyl halides is 2. The van der Waals surface area contributed by atoms with Crippen LogP contribution in [0.2, 0.25) is 0 Å². The van der Waals surface area contributed by atoms with Gasteiger partial charge in [0.2, 0.25) is 11.8 Å². The summed E-state index contributed by atoms with van der Waals surface area (Å²) in [7, 11) is 0. The van der Waals surface area contributed by atoms with E-state index in [0.717, 1.165) is 27.2 Å². The lowest BCUT2D eigenvalue weighted by Gasteiger charge is -2.55. The Morgan fingerprint density at radius 3 is 1.48 bits per heavy atom. The molecule has 2 amide bonds. The molecule has 0 saturated carbocycles. The molecule has 6 rings (SSSR count). The number of amides is 2. The second-order valence-corrected chi connectivity index (χ2v) is 9.61. The summed E-state index contributed by atoms with van der Waals surface area (Å²) in [6.45, 7) is -0.733. The highest BCUT2D eigenvalue weighted by Gasteiger charge is 2.72. The summed E-state index contributed by atoms with van der Waals surface area (Å²) < 4.78 is -1.79. The fourth-order valence-corrected chi connectivity index (χ4v) is 7.31. The molecular weight excluding hydrogens is 478 g/mol. The van der Waals surface area contributed by atoms with Crippen LogP contribution in [0.15, 0.2) is 48.5 Å². The van der Waals surface area contributed by atoms with Crippen LogP contribution < -0.4 is 5.11 Å². The number of carbonyl (C=O) groups excluding carboxylic acids is 3. The minimum absolute atomic E-state index is 0.487. The second-order valence-electron chi connectivity index (χ2n) is 7.10. The van der Waals surface area contributed by atoms with Gasteiger partial charge in [0.25, 0.3) is 0 Å². The molecule has 0 N–H and O–H groups in total. The number of imide groups is 1. The summed E-state index contributed by atoms with van der Waals surface area (Å²) in [5.41, 5.74) is 3.66. The molecule has 7 heteroatoms. The molecule has 0 spiro atoms. The fourth-order valence-electron chi connectivity index (χ4n) is 5.01. The monoisotopic (exact) mass is 488 g/mol. The molecule has 0 unspecified atom stereocenters. The number of hydrogen-bond donors (Lipinski definition) is 0. The topological polar surface area (TPSA) is 77.5 Å². The summed E-state index contributed by atoms with van der Waals surface area (Å²) in [6.07, 6.45) is 0. The molecule has 1 saturated heterocycles. The zero-order valence-electron chi connectivity index (χ0n) is 13.8. The standard InChI is InChI=1S/C20H13Br2NO4/c21-19-10-5-1-2-6-11(10)20(22,13-8-4-3-7-12(13)19)16-15(19)17(26)23(18(16)27)9-14(24)25/h1-8,15-16H,9H2,(H,24,25)/p-1/t15-,16+,19?,20?. The van der Waals surface area contributed by atoms with Crippen molar-refractivity contribution in [1.29, 1.82) is 0 Å². The van der Waals surface area contributed by atoms with Crippen LogP contribution in [0, 0.1) is 11.8 Å². The van der Waals surface area contributed by atoms with Gasteiger partial charge in [0.05, 0.1) is 33.0 Å². The summed E-state index contributed by atoms with van der Waals surface area (Å²) >= 11 is 7.68. The number of hydrogen-bond acceptors (Lipinski definition) is 4. The van der Waals surface area contributed by atoms with Gasteiger partial charge in [-0.15, -0.1) is 0 Å². The number of likely N-dealkylation sites (tertiary alicyclic amines) is 1. The number of carboxylic acid groups (broad SMARTS) is 1. The number of nitrogens with zero attached hydrogens (tertiary/aromatic N) is 1. The maximum absolute atomic E-state index is 13.2. The first-order valence-electron chi connectivity index (χ1n) is 8.45. The maximum atomic E-state index is 13.2. The average molecular weight is 490 g/mol. The van der Waals surface area contributed by atoms with E-state index in [2.05, 4.69) is 31.9 Å². The van der Waals surface area contributed by atoms with Crippen molar-refractivity contribution in [1.82, 2.24) is 4.90 Å². The van der Waals surface area contributed by atoms with Crippen LogP contribution in [-0.2, 0) is 23.0 Å². The van der Waals surface area contributed by atoms with E-state index >= 15 is 0 Å². The van der Waals surface area contributed by atoms with Crippen molar-refractivity contribution < 1.29 is 19.5 Å². The Kier molecular flexibility index (Phi) is 3.36. The minimum atomic E-state index is -1.45. The molecule has 27 heavy (non-hydrogen) atoms. The third kappa shape index (κ3) is 1.82. The number of benzene rings is 2. The molecule has 3 aliphatic carbocycles. The van der Waals surface area contributed by atoms with Crippen LogP contribution in [0.25, 0.3) is 0 Å². The lowest BCUT2D eigenvalue weighted by molar-refractivity contribution is -0.305. The van der Waals surface area contributed by atoms with Crippen molar-refractivity contribution in [3.05, 3.63) is 70.8 Å². The van der Waals surface area contributed by atoms with Gasteiger partial charge in [0, 0.05) is 0 Å². The van der Waals surface area contributed by atoms with Gasteiger partial charge in [-0.1, -0.05) is 80.4 Å². The molecule has 1 fully saturated rings. The molecule has 0 radical (unpaired) electrons. The third-order valence-corrected chi connectivity index (χ3v) is 8.66. The van der Waals surface area contributed by atoms with Gasteiger partial charge in [0.1, 0.15) is 0 Å². The van der Waals surface area contributed by atoms with Crippen molar-refractivity contribution >= 4 is 49.6 Å². The first kappa shape index (κ1) is 17.1. The van der Waals surface area contributed by atoms with Crippen LogP contribution in [-0.4, -0.2) is 29.2 Å². The van der Waals surface area contributed by atoms with Crippen LogP contribution >= 0.6 is 31.9 Å². The van der Waals surface area contributed by atoms with Gasteiger partial charge in [-0.2, -0.15) is 0 Å². The van der Waals surface area contributed by atoms with E-state index in [1.807, 2.05) is 48.5 Å². The predicted octanol–water partition coefficient (Wildman–Crippen LogP) is 1.64. The zero-order valence-corrected chi connectivity index (χ0v) is 17.0. The maximum Gasteiger partial charge on any atom is 0.235 e. The van der Waals surface area contributed by atoms with Crippen molar-refractivity contribution in [3.8, 4) is 0 Å². The summed E-state index contributed by atoms with van der Waals surface area (Å²) in [5.74, 6) is -3.91. The number of carbonyl (C=O) groups is 3. The molecule has 2 aromatic carbocycles. The lowest BCUT2D eigenvalue weighted by atomic mass is 9.54. The third-order valence-electron chi connectivity index (χ3n) is 5.96. The van der Waals surface area contributed by atoms with Crippen LogP contribution in [0.1, 0.15) is 22.3 Å². The van der Waals surface area contributed by atoms with E-state index in [1.165, 1.54) is 0 Å². The Hall–Kier alpha value is -1.99. The van der Waals surface area contributed by atoms with E-state index in [1.54, 1.807) is 0 Å². The largest absolute Gasteiger partial charge is 0.548 e. The van der Waals surface area contributed by atoms with E-state index < -0.39 is 44.8 Å². The number of aliphatic carboxylic acids is 1. The van der Waals surface area contributed by atoms with Crippen molar-refractivity contribution in [2.75, 3.05) is 6.54 Å². The number of rotatable bonds is 2. The zero-order chi connectivity index (χ0) is 19.1. The molecule has 2 bridgehead atoms. The van der Waals surface area contributed by atoms with Crippen LogP contribution in [0.4, 0.5) is 0 Å². The quantitative estimate of drug-likeness (QED) is 0.474. The molecule has 4 aliphatic rings. The van der Waals surface area contributed by atoms with Crippen molar-refractivity contribution in [2.45, 2.75) is 8.65 Å². The van der Waals surface area contributed by atoms with Gasteiger partial charge in [-0.25, -0.2) is 0 Å². The SMILES string of the molecule is O=C([O-])CN1C(=O)[C@@H]2[C@H](C1=O)C1(Br)c3ccccc3C2(Br)c2ccccc21. The smallest absolute Gasteiger partial charge is 0.235 e. The highest BCUT2D eigenvalue weighted by Crippen LogP contribution is 2.70. The fraction of sp³-hybridized carbons (Fsp3) is 0.250. The van der Waals surface area contributed by atoms with Gasteiger partial charge in [0.15, 0.2) is 0 Å². The molecule has 0 aromatic heterocycles. The van der Waals surface area contributed by atoms with Crippen molar-refractivity contribution in [2.24, 2.45) is 11.8 Å². The Morgan fingerprint density at radius 2 is 1.19 bits per heavy atom. The summed E-state index contributed by atoms with van der Waals surface area (Å²) in [5, 5.41) is 11.1. The summed E-state index contributed by atoms with van der Waals surface area (Å²) in [6, 6.07) is 15.4. The summed E-state index contributed by atoms with van der Waals surface area (Å²) in [4.78, 5) is 38.4. The van der Waals surface area contributed by atoms with Crippen LogP contribution in [0.3, 0.4) is 0 Å². The molecular formula is C20H12Br2NO4-. The Bertz CT molecular complexity index is 928. The normalized spacial score (nSPS) is 32.9. The van der Waals surface area contributed by atoms with E-state index in [0.29, 0.717) is 0 Å². The molecule has 1 aliphatic heterocycles. The average Bonchev–Trinajstić information content (AvgIpc) is 2.91. The van der Waals surface area contributed by atoms with E-state index in [9.17, 15) is 19.5 Å². The lowest BCUT2D eigenvalue weighted by Crippen LogP contribution is -2.56. The van der Waals surface area contributed by atoms with Gasteiger partial charge < -0.3 is 9.90 Å². The molecule has 1 heterocycles. The first-order valence-corrected chi connectivity index (χ1v) is 10.0. The molecule has 2 aromatic rings. The molecule has 2 atom stereocenters. The second kappa shape index (κ2) is 5.29. The highest BCUT2D eigenvalue weighted by atomic mass is 79.9. The Morgan fingerprint density at radius 1 is 0.852 bits per heavy atom. The Labute approximate surface area is 171 Å². The predicted molar refractivity (Wildman–Crippen MR) is 101 cm³/mol. The van der Waals surface area contributed by atoms with Gasteiger partial charge in [-0.05, 0) is 22.3 Å². The first-order chi connectivity index (χ1) is 12.8. The van der Waals surface area contributed by atoms with E-state index in [4.69, 9.17) is 0 Å². The van der Waals surface area contributed by atoms with Gasteiger partial charge >= 0.3 is 0 Å². The van der Waals surface area contributed by atoms with Gasteiger partial charge in [-0.3, -0.25) is 14.5 Å². The molecule has 136 valence electrons. The Balaban J connectivity index is 1.86. The van der Waals surface area contributed by atoms with E-state index in [-0.39, 0.29) is 0 Å². The minimum Gasteiger partial charge on any atom is -0.548 e.